The highest BCUT2D eigenvalue weighted by Crippen LogP contribution is 2.46. The van der Waals surface area contributed by atoms with E-state index in [1.807, 2.05) is 18.2 Å². The third-order valence-electron chi connectivity index (χ3n) is 2.89. The van der Waals surface area contributed by atoms with E-state index in [-0.39, 0.29) is 0 Å². The van der Waals surface area contributed by atoms with Gasteiger partial charge in [0.25, 0.3) is 0 Å². The topological polar surface area (TPSA) is 46.2 Å². The zero-order chi connectivity index (χ0) is 10.0. The monoisotopic (exact) mass is 191 g/mol. The molecule has 1 saturated carbocycles. The first-order valence-corrected chi connectivity index (χ1v) is 5.27. The highest BCUT2D eigenvalue weighted by molar-refractivity contribution is 5.35. The maximum atomic E-state index is 10.0. The van der Waals surface area contributed by atoms with Gasteiger partial charge in [-0.3, -0.25) is 0 Å². The van der Waals surface area contributed by atoms with E-state index in [9.17, 15) is 5.11 Å². The van der Waals surface area contributed by atoms with Gasteiger partial charge in [-0.2, -0.15) is 0 Å². The van der Waals surface area contributed by atoms with Crippen LogP contribution in [0.3, 0.4) is 0 Å². The van der Waals surface area contributed by atoms with Crippen molar-refractivity contribution in [2.75, 3.05) is 6.54 Å². The molecule has 1 aromatic carbocycles. The van der Waals surface area contributed by atoms with E-state index >= 15 is 0 Å². The first-order valence-electron chi connectivity index (χ1n) is 5.27. The van der Waals surface area contributed by atoms with Gasteiger partial charge in [0, 0.05) is 0 Å². The molecule has 76 valence electrons. The second kappa shape index (κ2) is 3.71. The lowest BCUT2D eigenvalue weighted by Gasteiger charge is -2.13. The summed E-state index contributed by atoms with van der Waals surface area (Å²) in [6.07, 6.45) is 3.79. The van der Waals surface area contributed by atoms with Crippen LogP contribution in [0.15, 0.2) is 24.3 Å². The van der Waals surface area contributed by atoms with Gasteiger partial charge < -0.3 is 10.8 Å². The Morgan fingerprint density at radius 2 is 2.00 bits per heavy atom. The van der Waals surface area contributed by atoms with Crippen LogP contribution in [0.25, 0.3) is 0 Å². The average Bonchev–Trinajstić information content (AvgIpc) is 2.95. The number of rotatable bonds is 4. The number of benzene rings is 1. The minimum atomic E-state index is -0.509. The zero-order valence-electron chi connectivity index (χ0n) is 8.37. The number of nitrogens with two attached hydrogens (primary N) is 1. The van der Waals surface area contributed by atoms with E-state index in [1.165, 1.54) is 5.56 Å². The van der Waals surface area contributed by atoms with Crippen molar-refractivity contribution in [2.45, 2.75) is 31.3 Å². The van der Waals surface area contributed by atoms with E-state index < -0.39 is 5.60 Å². The van der Waals surface area contributed by atoms with Gasteiger partial charge in [0.15, 0.2) is 0 Å². The molecule has 0 aliphatic heterocycles. The van der Waals surface area contributed by atoms with Crippen LogP contribution in [0.4, 0.5) is 0 Å². The summed E-state index contributed by atoms with van der Waals surface area (Å²) in [6, 6.07) is 8.17. The second-order valence-electron chi connectivity index (χ2n) is 4.08. The fraction of sp³-hybridized carbons (Fsp3) is 0.500. The molecule has 2 rings (SSSR count). The Labute approximate surface area is 84.7 Å². The Kier molecular flexibility index (Phi) is 2.57. The SMILES string of the molecule is NCCCc1ccccc1C1(O)CC1. The Morgan fingerprint density at radius 3 is 2.64 bits per heavy atom. The summed E-state index contributed by atoms with van der Waals surface area (Å²) in [6.45, 7) is 0.715. The highest BCUT2D eigenvalue weighted by atomic mass is 16.3. The summed E-state index contributed by atoms with van der Waals surface area (Å²) in [4.78, 5) is 0. The van der Waals surface area contributed by atoms with Crippen LogP contribution in [0.5, 0.6) is 0 Å². The van der Waals surface area contributed by atoms with Gasteiger partial charge in [0.1, 0.15) is 0 Å². The third-order valence-corrected chi connectivity index (χ3v) is 2.89. The van der Waals surface area contributed by atoms with E-state index in [4.69, 9.17) is 5.73 Å². The molecule has 14 heavy (non-hydrogen) atoms. The van der Waals surface area contributed by atoms with Crippen molar-refractivity contribution in [1.29, 1.82) is 0 Å². The first kappa shape index (κ1) is 9.69. The molecule has 0 atom stereocenters. The van der Waals surface area contributed by atoms with Crippen molar-refractivity contribution >= 4 is 0 Å². The van der Waals surface area contributed by atoms with Gasteiger partial charge in [0.2, 0.25) is 0 Å². The molecule has 2 heteroatoms. The smallest absolute Gasteiger partial charge is 0.0901 e. The lowest BCUT2D eigenvalue weighted by atomic mass is 9.97. The summed E-state index contributed by atoms with van der Waals surface area (Å²) in [7, 11) is 0. The predicted molar refractivity (Wildman–Crippen MR) is 56.9 cm³/mol. The molecule has 3 N–H and O–H groups in total. The van der Waals surface area contributed by atoms with Crippen LogP contribution in [-0.2, 0) is 12.0 Å². The molecule has 1 aromatic rings. The minimum Gasteiger partial charge on any atom is -0.385 e. The maximum absolute atomic E-state index is 10.0. The maximum Gasteiger partial charge on any atom is 0.0901 e. The molecule has 0 spiro atoms. The first-order chi connectivity index (χ1) is 6.76. The van der Waals surface area contributed by atoms with Crippen LogP contribution in [0, 0.1) is 0 Å². The van der Waals surface area contributed by atoms with E-state index in [0.717, 1.165) is 31.2 Å². The standard InChI is InChI=1S/C12H17NO/c13-9-3-5-10-4-1-2-6-11(10)12(14)7-8-12/h1-2,4,6,14H,3,5,7-9,13H2. The Balaban J connectivity index is 2.20. The molecule has 1 aliphatic rings. The van der Waals surface area contributed by atoms with Crippen molar-refractivity contribution in [2.24, 2.45) is 5.73 Å². The second-order valence-corrected chi connectivity index (χ2v) is 4.08. The highest BCUT2D eigenvalue weighted by Gasteiger charge is 2.43. The van der Waals surface area contributed by atoms with Crippen molar-refractivity contribution < 1.29 is 5.11 Å². The predicted octanol–water partition coefficient (Wildman–Crippen LogP) is 1.56. The minimum absolute atomic E-state index is 0.509. The van der Waals surface area contributed by atoms with Gasteiger partial charge in [-0.15, -0.1) is 0 Å². The summed E-state index contributed by atoms with van der Waals surface area (Å²) < 4.78 is 0. The normalized spacial score (nSPS) is 18.1. The summed E-state index contributed by atoms with van der Waals surface area (Å²) >= 11 is 0. The molecule has 0 saturated heterocycles. The molecule has 1 aliphatic carbocycles. The molecule has 0 amide bonds. The number of hydrogen-bond donors (Lipinski definition) is 2. The van der Waals surface area contributed by atoms with E-state index in [2.05, 4.69) is 6.07 Å². The molecule has 0 heterocycles. The fourth-order valence-electron chi connectivity index (χ4n) is 1.87. The van der Waals surface area contributed by atoms with E-state index in [1.54, 1.807) is 0 Å². The Hall–Kier alpha value is -0.860. The average molecular weight is 191 g/mol. The quantitative estimate of drug-likeness (QED) is 0.758. The van der Waals surface area contributed by atoms with Gasteiger partial charge in [-0.1, -0.05) is 24.3 Å². The van der Waals surface area contributed by atoms with Crippen LogP contribution in [0.2, 0.25) is 0 Å². The van der Waals surface area contributed by atoms with Gasteiger partial charge in [0.05, 0.1) is 5.60 Å². The van der Waals surface area contributed by atoms with Crippen LogP contribution < -0.4 is 5.73 Å². The van der Waals surface area contributed by atoms with Crippen molar-refractivity contribution in [3.63, 3.8) is 0 Å². The van der Waals surface area contributed by atoms with E-state index in [0.29, 0.717) is 6.54 Å². The van der Waals surface area contributed by atoms with Gasteiger partial charge in [-0.05, 0) is 43.4 Å². The summed E-state index contributed by atoms with van der Waals surface area (Å²) in [5.74, 6) is 0. The Morgan fingerprint density at radius 1 is 1.29 bits per heavy atom. The van der Waals surface area contributed by atoms with Crippen molar-refractivity contribution in [1.82, 2.24) is 0 Å². The van der Waals surface area contributed by atoms with Crippen LogP contribution in [-0.4, -0.2) is 11.7 Å². The summed E-state index contributed by atoms with van der Waals surface area (Å²) in [5, 5.41) is 10.0. The molecule has 0 radical (unpaired) electrons. The Bertz CT molecular complexity index is 318. The number of aliphatic hydroxyl groups is 1. The molecule has 0 bridgehead atoms. The van der Waals surface area contributed by atoms with Gasteiger partial charge in [-0.25, -0.2) is 0 Å². The zero-order valence-corrected chi connectivity index (χ0v) is 8.37. The lowest BCUT2D eigenvalue weighted by molar-refractivity contribution is 0.150. The molecular weight excluding hydrogens is 174 g/mol. The largest absolute Gasteiger partial charge is 0.385 e. The van der Waals surface area contributed by atoms with Crippen LogP contribution >= 0.6 is 0 Å². The van der Waals surface area contributed by atoms with Gasteiger partial charge >= 0.3 is 0 Å². The molecule has 0 unspecified atom stereocenters. The summed E-state index contributed by atoms with van der Waals surface area (Å²) in [5.41, 5.74) is 7.36. The molecule has 0 aromatic heterocycles. The van der Waals surface area contributed by atoms with Crippen molar-refractivity contribution in [3.05, 3.63) is 35.4 Å². The third kappa shape index (κ3) is 1.81. The number of hydrogen-bond acceptors (Lipinski definition) is 2. The van der Waals surface area contributed by atoms with Crippen LogP contribution in [0.1, 0.15) is 30.4 Å². The molecule has 2 nitrogen and oxygen atoms in total. The molecule has 1 fully saturated rings. The fourth-order valence-corrected chi connectivity index (χ4v) is 1.87. The molecular formula is C12H17NO. The number of aryl methyl sites for hydroxylation is 1. The lowest BCUT2D eigenvalue weighted by Crippen LogP contribution is -2.09. The van der Waals surface area contributed by atoms with Crippen molar-refractivity contribution in [3.8, 4) is 0 Å².